The van der Waals surface area contributed by atoms with Gasteiger partial charge in [0.2, 0.25) is 0 Å². The highest BCUT2D eigenvalue weighted by Crippen LogP contribution is 2.34. The van der Waals surface area contributed by atoms with Gasteiger partial charge in [0.05, 0.1) is 24.3 Å². The lowest BCUT2D eigenvalue weighted by Crippen LogP contribution is -2.37. The van der Waals surface area contributed by atoms with Gasteiger partial charge in [0.15, 0.2) is 0 Å². The van der Waals surface area contributed by atoms with Crippen LogP contribution >= 0.6 is 0 Å². The van der Waals surface area contributed by atoms with Crippen molar-refractivity contribution in [1.82, 2.24) is 10.2 Å². The molecule has 0 saturated heterocycles. The lowest BCUT2D eigenvalue weighted by molar-refractivity contribution is -0.216. The maximum atomic E-state index is 11.8. The zero-order valence-corrected chi connectivity index (χ0v) is 13.4. The number of rotatable bonds is 6. The molecule has 0 spiro atoms. The molecule has 2 unspecified atom stereocenters. The van der Waals surface area contributed by atoms with Crippen LogP contribution in [0.15, 0.2) is 42.1 Å². The van der Waals surface area contributed by atoms with Gasteiger partial charge in [-0.05, 0) is 18.6 Å². The van der Waals surface area contributed by atoms with Crippen molar-refractivity contribution in [3.63, 3.8) is 0 Å². The number of carbonyl (C=O) groups excluding carboxylic acids is 1. The van der Waals surface area contributed by atoms with Crippen LogP contribution in [-0.2, 0) is 9.53 Å². The number of hydrazine groups is 1. The molecule has 1 aliphatic heterocycles. The van der Waals surface area contributed by atoms with Gasteiger partial charge in [-0.25, -0.2) is 0 Å². The van der Waals surface area contributed by atoms with Crippen molar-refractivity contribution in [1.29, 1.82) is 0 Å². The van der Waals surface area contributed by atoms with Crippen LogP contribution in [0.5, 0.6) is 0 Å². The summed E-state index contributed by atoms with van der Waals surface area (Å²) >= 11 is 0. The first-order chi connectivity index (χ1) is 10.6. The zero-order chi connectivity index (χ0) is 16.1. The van der Waals surface area contributed by atoms with Crippen LogP contribution in [0.1, 0.15) is 38.8 Å². The van der Waals surface area contributed by atoms with Crippen LogP contribution in [0.2, 0.25) is 0 Å². The largest absolute Gasteiger partial charge is 0.466 e. The van der Waals surface area contributed by atoms with E-state index < -0.39 is 0 Å². The highest BCUT2D eigenvalue weighted by atomic mass is 16.6. The number of benzene rings is 1. The first-order valence-corrected chi connectivity index (χ1v) is 7.76. The number of hydrogen-bond acceptors (Lipinski definition) is 5. The number of hydroxylamine groups is 1. The van der Waals surface area contributed by atoms with E-state index in [0.29, 0.717) is 19.6 Å². The van der Waals surface area contributed by atoms with Crippen LogP contribution in [-0.4, -0.2) is 34.5 Å². The lowest BCUT2D eigenvalue weighted by atomic mass is 10.0. The van der Waals surface area contributed by atoms with Gasteiger partial charge in [0.25, 0.3) is 0 Å². The molecule has 1 N–H and O–H groups in total. The highest BCUT2D eigenvalue weighted by molar-refractivity contribution is 5.72. The Hall–Kier alpha value is -1.85. The summed E-state index contributed by atoms with van der Waals surface area (Å²) < 4.78 is 5.03. The molecule has 0 aliphatic carbocycles. The van der Waals surface area contributed by atoms with E-state index in [9.17, 15) is 10.0 Å². The van der Waals surface area contributed by atoms with Gasteiger partial charge in [-0.3, -0.25) is 10.0 Å². The maximum absolute atomic E-state index is 11.8. The van der Waals surface area contributed by atoms with E-state index in [1.54, 1.807) is 6.92 Å². The van der Waals surface area contributed by atoms with Crippen LogP contribution in [0.4, 0.5) is 0 Å². The van der Waals surface area contributed by atoms with Crippen LogP contribution in [0.25, 0.3) is 0 Å². The molecule has 2 atom stereocenters. The molecule has 2 rings (SSSR count). The van der Waals surface area contributed by atoms with E-state index in [-0.39, 0.29) is 17.9 Å². The molecule has 0 bridgehead atoms. The van der Waals surface area contributed by atoms with Crippen LogP contribution < -0.4 is 0 Å². The number of nitrogens with zero attached hydrogens (tertiary/aromatic N) is 2. The van der Waals surface area contributed by atoms with Crippen molar-refractivity contribution in [3.8, 4) is 0 Å². The molecule has 0 amide bonds. The van der Waals surface area contributed by atoms with Crippen molar-refractivity contribution < 1.29 is 14.7 Å². The van der Waals surface area contributed by atoms with Crippen molar-refractivity contribution >= 4 is 5.97 Å². The van der Waals surface area contributed by atoms with Gasteiger partial charge >= 0.3 is 5.97 Å². The second-order valence-electron chi connectivity index (χ2n) is 5.42. The third-order valence-electron chi connectivity index (χ3n) is 3.84. The Bertz CT molecular complexity index is 530. The number of esters is 1. The van der Waals surface area contributed by atoms with E-state index in [4.69, 9.17) is 4.74 Å². The molecule has 5 nitrogen and oxygen atoms in total. The number of likely N-dealkylation sites (N-methyl/N-ethyl adjacent to an activating group) is 1. The number of hydrogen-bond donors (Lipinski definition) is 1. The number of ether oxygens (including phenoxy) is 1. The van der Waals surface area contributed by atoms with E-state index in [1.165, 1.54) is 5.17 Å². The molecular weight excluding hydrogens is 280 g/mol. The van der Waals surface area contributed by atoms with Gasteiger partial charge in [-0.2, -0.15) is 10.2 Å². The van der Waals surface area contributed by atoms with E-state index >= 15 is 0 Å². The Balaban J connectivity index is 2.15. The fourth-order valence-corrected chi connectivity index (χ4v) is 2.70. The summed E-state index contributed by atoms with van der Waals surface area (Å²) in [5.41, 5.74) is 1.85. The van der Waals surface area contributed by atoms with Crippen molar-refractivity contribution in [2.45, 2.75) is 33.2 Å². The third-order valence-corrected chi connectivity index (χ3v) is 3.84. The quantitative estimate of drug-likeness (QED) is 0.818. The van der Waals surface area contributed by atoms with Gasteiger partial charge in [-0.15, -0.1) is 0 Å². The predicted molar refractivity (Wildman–Crippen MR) is 83.7 cm³/mol. The van der Waals surface area contributed by atoms with Crippen molar-refractivity contribution in [2.24, 2.45) is 5.92 Å². The Morgan fingerprint density at radius 2 is 2.00 bits per heavy atom. The topological polar surface area (TPSA) is 53.0 Å². The fraction of sp³-hybridized carbons (Fsp3) is 0.471. The van der Waals surface area contributed by atoms with Crippen LogP contribution in [0, 0.1) is 5.92 Å². The zero-order valence-electron chi connectivity index (χ0n) is 13.4. The third kappa shape index (κ3) is 3.48. The Morgan fingerprint density at radius 1 is 1.32 bits per heavy atom. The van der Waals surface area contributed by atoms with Crippen molar-refractivity contribution in [3.05, 3.63) is 47.7 Å². The molecule has 22 heavy (non-hydrogen) atoms. The first kappa shape index (κ1) is 16.5. The SMILES string of the molecule is CCOC(=O)C(C)CC1=CC(c2ccccc2)N(CC)N1O. The Kier molecular flexibility index (Phi) is 5.57. The number of carbonyl (C=O) groups is 1. The lowest BCUT2D eigenvalue weighted by Gasteiger charge is -2.30. The average molecular weight is 304 g/mol. The molecule has 0 radical (unpaired) electrons. The molecular formula is C17H24N2O3. The van der Waals surface area contributed by atoms with E-state index in [1.807, 2.05) is 55.3 Å². The van der Waals surface area contributed by atoms with E-state index in [0.717, 1.165) is 11.3 Å². The van der Waals surface area contributed by atoms with Gasteiger partial charge in [0, 0.05) is 13.0 Å². The molecule has 1 heterocycles. The average Bonchev–Trinajstić information content (AvgIpc) is 2.84. The predicted octanol–water partition coefficient (Wildman–Crippen LogP) is 3.14. The van der Waals surface area contributed by atoms with E-state index in [2.05, 4.69) is 0 Å². The molecule has 0 saturated carbocycles. The molecule has 5 heteroatoms. The summed E-state index contributed by atoms with van der Waals surface area (Å²) in [6.07, 6.45) is 2.46. The summed E-state index contributed by atoms with van der Waals surface area (Å²) in [4.78, 5) is 11.8. The minimum Gasteiger partial charge on any atom is -0.466 e. The number of allylic oxidation sites excluding steroid dienone is 1. The molecule has 120 valence electrons. The molecule has 0 aromatic heterocycles. The monoisotopic (exact) mass is 304 g/mol. The molecule has 1 aromatic carbocycles. The fourth-order valence-electron chi connectivity index (χ4n) is 2.70. The molecule has 0 fully saturated rings. The molecule has 1 aromatic rings. The second-order valence-corrected chi connectivity index (χ2v) is 5.42. The van der Waals surface area contributed by atoms with Gasteiger partial charge in [0.1, 0.15) is 0 Å². The minimum absolute atomic E-state index is 0.0133. The molecule has 1 aliphatic rings. The standard InChI is InChI=1S/C17H24N2O3/c1-4-18-16(14-9-7-6-8-10-14)12-15(19(18)21)11-13(3)17(20)22-5-2/h6-10,12-13,16,21H,4-5,11H2,1-3H3. The summed E-state index contributed by atoms with van der Waals surface area (Å²) in [5.74, 6) is -0.517. The maximum Gasteiger partial charge on any atom is 0.309 e. The van der Waals surface area contributed by atoms with Crippen LogP contribution in [0.3, 0.4) is 0 Å². The van der Waals surface area contributed by atoms with Gasteiger partial charge < -0.3 is 4.74 Å². The van der Waals surface area contributed by atoms with Crippen molar-refractivity contribution in [2.75, 3.05) is 13.2 Å². The summed E-state index contributed by atoms with van der Waals surface area (Å²) in [7, 11) is 0. The Morgan fingerprint density at radius 3 is 2.59 bits per heavy atom. The minimum atomic E-state index is -0.283. The summed E-state index contributed by atoms with van der Waals surface area (Å²) in [6.45, 7) is 6.65. The summed E-state index contributed by atoms with van der Waals surface area (Å²) in [5, 5.41) is 13.4. The summed E-state index contributed by atoms with van der Waals surface area (Å²) in [6, 6.07) is 10.0. The normalized spacial score (nSPS) is 19.9. The first-order valence-electron chi connectivity index (χ1n) is 7.76. The Labute approximate surface area is 131 Å². The highest BCUT2D eigenvalue weighted by Gasteiger charge is 2.32. The second kappa shape index (κ2) is 7.42. The smallest absolute Gasteiger partial charge is 0.309 e. The van der Waals surface area contributed by atoms with Gasteiger partial charge in [-0.1, -0.05) is 44.2 Å².